The summed E-state index contributed by atoms with van der Waals surface area (Å²) in [4.78, 5) is 24.3. The highest BCUT2D eigenvalue weighted by Crippen LogP contribution is 2.41. The number of Topliss-reactive ketones (excluding diaryl/α,β-unsaturated/α-hetero) is 2. The molecule has 0 aliphatic carbocycles. The molecule has 0 fully saturated rings. The van der Waals surface area contributed by atoms with E-state index in [4.69, 9.17) is 9.47 Å². The zero-order chi connectivity index (χ0) is 18.0. The molecule has 1 heterocycles. The monoisotopic (exact) mass is 336 g/mol. The minimum Gasteiger partial charge on any atom is -0.497 e. The van der Waals surface area contributed by atoms with Crippen LogP contribution in [0.1, 0.15) is 36.6 Å². The number of carbonyl (C=O) groups is 2. The van der Waals surface area contributed by atoms with E-state index in [1.165, 1.54) is 13.8 Å². The molecule has 0 amide bonds. The van der Waals surface area contributed by atoms with E-state index in [-0.39, 0.29) is 11.6 Å². The number of hydrogen-bond donors (Lipinski definition) is 0. The average molecular weight is 336 g/mol. The predicted molar refractivity (Wildman–Crippen MR) is 96.0 cm³/mol. The standard InChI is InChI=1S/C21H20O4/c1-13(22)20(14(2)23)21-18-12-17(24-3)10-9-16(18)11-19(25-21)15-7-5-4-6-8-15/h4-12,20-21H,1-3H3/t21-/m0/s1. The van der Waals surface area contributed by atoms with Crippen LogP contribution in [0, 0.1) is 5.92 Å². The minimum absolute atomic E-state index is 0.208. The molecule has 0 saturated carbocycles. The van der Waals surface area contributed by atoms with E-state index >= 15 is 0 Å². The molecule has 4 heteroatoms. The normalized spacial score (nSPS) is 15.8. The molecule has 4 nitrogen and oxygen atoms in total. The highest BCUT2D eigenvalue weighted by molar-refractivity contribution is 6.01. The highest BCUT2D eigenvalue weighted by Gasteiger charge is 2.36. The summed E-state index contributed by atoms with van der Waals surface area (Å²) in [6.07, 6.45) is 1.26. The summed E-state index contributed by atoms with van der Waals surface area (Å²) in [5.74, 6) is 0.0463. The maximum atomic E-state index is 12.1. The zero-order valence-corrected chi connectivity index (χ0v) is 14.5. The fourth-order valence-corrected chi connectivity index (χ4v) is 3.15. The van der Waals surface area contributed by atoms with Gasteiger partial charge in [0, 0.05) is 11.1 Å². The lowest BCUT2D eigenvalue weighted by Gasteiger charge is -2.31. The highest BCUT2D eigenvalue weighted by atomic mass is 16.5. The van der Waals surface area contributed by atoms with Crippen LogP contribution in [0.25, 0.3) is 11.8 Å². The minimum atomic E-state index is -0.849. The van der Waals surface area contributed by atoms with Crippen molar-refractivity contribution >= 4 is 23.4 Å². The van der Waals surface area contributed by atoms with E-state index in [1.807, 2.05) is 54.6 Å². The van der Waals surface area contributed by atoms with Gasteiger partial charge in [0.15, 0.2) is 0 Å². The van der Waals surface area contributed by atoms with E-state index in [0.29, 0.717) is 11.5 Å². The Labute approximate surface area is 147 Å². The molecule has 0 bridgehead atoms. The number of ketones is 2. The Hall–Kier alpha value is -2.88. The van der Waals surface area contributed by atoms with Gasteiger partial charge in [-0.15, -0.1) is 0 Å². The Bertz CT molecular complexity index is 822. The molecule has 2 aromatic carbocycles. The first-order valence-electron chi connectivity index (χ1n) is 8.14. The fourth-order valence-electron chi connectivity index (χ4n) is 3.15. The van der Waals surface area contributed by atoms with Crippen LogP contribution in [0.2, 0.25) is 0 Å². The van der Waals surface area contributed by atoms with E-state index < -0.39 is 12.0 Å². The fraction of sp³-hybridized carbons (Fsp3) is 0.238. The summed E-state index contributed by atoms with van der Waals surface area (Å²) in [6, 6.07) is 15.3. The van der Waals surface area contributed by atoms with Crippen molar-refractivity contribution in [2.45, 2.75) is 20.0 Å². The van der Waals surface area contributed by atoms with E-state index in [1.54, 1.807) is 7.11 Å². The predicted octanol–water partition coefficient (Wildman–Crippen LogP) is 4.06. The number of carbonyl (C=O) groups excluding carboxylic acids is 2. The van der Waals surface area contributed by atoms with Crippen LogP contribution in [0.5, 0.6) is 5.75 Å². The largest absolute Gasteiger partial charge is 0.497 e. The van der Waals surface area contributed by atoms with Crippen LogP contribution in [0.15, 0.2) is 48.5 Å². The van der Waals surface area contributed by atoms with E-state index in [2.05, 4.69) is 0 Å². The number of ether oxygens (including phenoxy) is 2. The van der Waals surface area contributed by atoms with Crippen molar-refractivity contribution in [3.63, 3.8) is 0 Å². The quantitative estimate of drug-likeness (QED) is 0.773. The molecule has 3 rings (SSSR count). The number of methoxy groups -OCH3 is 1. The second-order valence-electron chi connectivity index (χ2n) is 6.11. The molecule has 2 aromatic rings. The molecule has 1 atom stereocenters. The Morgan fingerprint density at radius 3 is 2.32 bits per heavy atom. The second-order valence-corrected chi connectivity index (χ2v) is 6.11. The van der Waals surface area contributed by atoms with Gasteiger partial charge in [0.05, 0.1) is 7.11 Å². The van der Waals surface area contributed by atoms with Gasteiger partial charge in [-0.25, -0.2) is 0 Å². The first-order valence-corrected chi connectivity index (χ1v) is 8.14. The lowest BCUT2D eigenvalue weighted by atomic mass is 9.85. The van der Waals surface area contributed by atoms with Gasteiger partial charge in [0.1, 0.15) is 35.1 Å². The first-order chi connectivity index (χ1) is 12.0. The molecule has 0 spiro atoms. The van der Waals surface area contributed by atoms with Crippen molar-refractivity contribution in [1.29, 1.82) is 0 Å². The lowest BCUT2D eigenvalue weighted by molar-refractivity contribution is -0.135. The third-order valence-corrected chi connectivity index (χ3v) is 4.38. The van der Waals surface area contributed by atoms with Crippen molar-refractivity contribution in [3.05, 3.63) is 65.2 Å². The molecule has 0 radical (unpaired) electrons. The molecular weight excluding hydrogens is 316 g/mol. The summed E-state index contributed by atoms with van der Waals surface area (Å²) in [6.45, 7) is 2.85. The first kappa shape index (κ1) is 17.0. The van der Waals surface area contributed by atoms with Crippen molar-refractivity contribution < 1.29 is 19.1 Å². The second kappa shape index (κ2) is 6.93. The third kappa shape index (κ3) is 3.33. The maximum absolute atomic E-state index is 12.1. The van der Waals surface area contributed by atoms with Crippen molar-refractivity contribution in [3.8, 4) is 5.75 Å². The van der Waals surface area contributed by atoms with Gasteiger partial charge in [0.25, 0.3) is 0 Å². The maximum Gasteiger partial charge on any atom is 0.144 e. The van der Waals surface area contributed by atoms with E-state index in [9.17, 15) is 9.59 Å². The third-order valence-electron chi connectivity index (χ3n) is 4.38. The number of rotatable bonds is 5. The van der Waals surface area contributed by atoms with Crippen LogP contribution in [-0.2, 0) is 14.3 Å². The zero-order valence-electron chi connectivity index (χ0n) is 14.5. The van der Waals surface area contributed by atoms with Crippen LogP contribution in [0.3, 0.4) is 0 Å². The van der Waals surface area contributed by atoms with Gasteiger partial charge in [-0.2, -0.15) is 0 Å². The molecule has 1 aliphatic heterocycles. The number of hydrogen-bond acceptors (Lipinski definition) is 4. The SMILES string of the molecule is COc1ccc2c(c1)[C@@H](C(C(C)=O)C(C)=O)OC(c1ccccc1)=C2. The van der Waals surface area contributed by atoms with Gasteiger partial charge >= 0.3 is 0 Å². The molecule has 0 aromatic heterocycles. The smallest absolute Gasteiger partial charge is 0.144 e. The van der Waals surface area contributed by atoms with Gasteiger partial charge in [-0.3, -0.25) is 9.59 Å². The summed E-state index contributed by atoms with van der Waals surface area (Å²) >= 11 is 0. The van der Waals surface area contributed by atoms with Gasteiger partial charge < -0.3 is 9.47 Å². The van der Waals surface area contributed by atoms with Crippen molar-refractivity contribution in [1.82, 2.24) is 0 Å². The van der Waals surface area contributed by atoms with Crippen LogP contribution in [0.4, 0.5) is 0 Å². The van der Waals surface area contributed by atoms with Crippen LogP contribution < -0.4 is 4.74 Å². The number of fused-ring (bicyclic) bond motifs is 1. The lowest BCUT2D eigenvalue weighted by Crippen LogP contribution is -2.30. The van der Waals surface area contributed by atoms with Gasteiger partial charge in [-0.05, 0) is 37.6 Å². The number of benzene rings is 2. The Balaban J connectivity index is 2.14. The van der Waals surface area contributed by atoms with Crippen molar-refractivity contribution in [2.24, 2.45) is 5.92 Å². The Morgan fingerprint density at radius 1 is 1.04 bits per heavy atom. The van der Waals surface area contributed by atoms with Gasteiger partial charge in [0.2, 0.25) is 0 Å². The van der Waals surface area contributed by atoms with Crippen LogP contribution in [-0.4, -0.2) is 18.7 Å². The summed E-state index contributed by atoms with van der Waals surface area (Å²) in [5.41, 5.74) is 2.61. The van der Waals surface area contributed by atoms with Crippen molar-refractivity contribution in [2.75, 3.05) is 7.11 Å². The average Bonchev–Trinajstić information content (AvgIpc) is 2.61. The molecule has 0 saturated heterocycles. The van der Waals surface area contributed by atoms with Gasteiger partial charge in [-0.1, -0.05) is 36.4 Å². The molecule has 1 aliphatic rings. The molecule has 0 unspecified atom stereocenters. The van der Waals surface area contributed by atoms with Crippen LogP contribution >= 0.6 is 0 Å². The summed E-state index contributed by atoms with van der Waals surface area (Å²) in [7, 11) is 1.58. The summed E-state index contributed by atoms with van der Waals surface area (Å²) < 4.78 is 11.4. The molecule has 128 valence electrons. The molecule has 0 N–H and O–H groups in total. The Kier molecular flexibility index (Phi) is 4.70. The Morgan fingerprint density at radius 2 is 1.72 bits per heavy atom. The molecular formula is C21H20O4. The van der Waals surface area contributed by atoms with E-state index in [0.717, 1.165) is 16.7 Å². The topological polar surface area (TPSA) is 52.6 Å². The summed E-state index contributed by atoms with van der Waals surface area (Å²) in [5, 5.41) is 0. The molecule has 25 heavy (non-hydrogen) atoms.